The van der Waals surface area contributed by atoms with E-state index < -0.39 is 12.3 Å². The Balaban J connectivity index is 1.65. The number of hydrogen-bond donors (Lipinski definition) is 0. The summed E-state index contributed by atoms with van der Waals surface area (Å²) in [5.74, 6) is -0.0674. The van der Waals surface area contributed by atoms with Crippen LogP contribution in [-0.4, -0.2) is 20.2 Å². The number of hydrogen-bond acceptors (Lipinski definition) is 6. The number of nitrogens with zero attached hydrogens (tertiary/aromatic N) is 4. The lowest BCUT2D eigenvalue weighted by molar-refractivity contribution is 0.116. The van der Waals surface area contributed by atoms with E-state index >= 15 is 0 Å². The lowest BCUT2D eigenvalue weighted by atomic mass is 10.2. The van der Waals surface area contributed by atoms with Gasteiger partial charge in [0.25, 0.3) is 5.89 Å². The summed E-state index contributed by atoms with van der Waals surface area (Å²) in [7, 11) is 0. The largest absolute Gasteiger partial charge is 0.486 e. The molecule has 3 aromatic heterocycles. The van der Waals surface area contributed by atoms with E-state index in [0.717, 1.165) is 5.69 Å². The van der Waals surface area contributed by atoms with Gasteiger partial charge in [-0.15, -0.1) is 10.2 Å². The molecule has 0 aliphatic heterocycles. The van der Waals surface area contributed by atoms with Gasteiger partial charge in [0.2, 0.25) is 5.89 Å². The lowest BCUT2D eigenvalue weighted by Crippen LogP contribution is -1.98. The molecule has 0 saturated heterocycles. The fourth-order valence-corrected chi connectivity index (χ4v) is 1.77. The Morgan fingerprint density at radius 2 is 1.96 bits per heavy atom. The molecule has 0 aliphatic carbocycles. The molecule has 3 heterocycles. The molecule has 0 aliphatic rings. The van der Waals surface area contributed by atoms with Gasteiger partial charge in [-0.25, -0.2) is 0 Å². The first-order valence-electron chi connectivity index (χ1n) is 6.74. The Labute approximate surface area is 130 Å². The van der Waals surface area contributed by atoms with Gasteiger partial charge in [-0.3, -0.25) is 9.97 Å². The molecule has 0 saturated carbocycles. The Bertz CT molecular complexity index is 773. The van der Waals surface area contributed by atoms with Gasteiger partial charge in [-0.1, -0.05) is 0 Å². The van der Waals surface area contributed by atoms with Crippen molar-refractivity contribution < 1.29 is 17.9 Å². The molecular weight excluding hydrogens is 306 g/mol. The van der Waals surface area contributed by atoms with Crippen LogP contribution in [0.4, 0.5) is 8.78 Å². The molecule has 6 nitrogen and oxygen atoms in total. The molecule has 23 heavy (non-hydrogen) atoms. The van der Waals surface area contributed by atoms with E-state index in [0.29, 0.717) is 17.0 Å². The van der Waals surface area contributed by atoms with Gasteiger partial charge in [-0.05, 0) is 31.2 Å². The van der Waals surface area contributed by atoms with Gasteiger partial charge >= 0.3 is 6.43 Å². The van der Waals surface area contributed by atoms with Crippen molar-refractivity contribution in [3.05, 3.63) is 53.9 Å². The summed E-state index contributed by atoms with van der Waals surface area (Å²) in [5.41, 5.74) is 2.04. The van der Waals surface area contributed by atoms with Crippen LogP contribution in [0.3, 0.4) is 0 Å². The summed E-state index contributed by atoms with van der Waals surface area (Å²) in [5, 5.41) is 6.83. The molecule has 0 spiro atoms. The second-order valence-corrected chi connectivity index (χ2v) is 4.71. The number of halogens is 2. The normalized spacial score (nSPS) is 11.0. The SMILES string of the molecule is Cc1ccc(OCc2ccc(-c3nnc(C(F)F)o3)cn2)cn1. The second kappa shape index (κ2) is 6.47. The maximum absolute atomic E-state index is 12.4. The fraction of sp³-hybridized carbons (Fsp3) is 0.200. The van der Waals surface area contributed by atoms with E-state index in [2.05, 4.69) is 20.2 Å². The number of aromatic nitrogens is 4. The molecule has 0 N–H and O–H groups in total. The smallest absolute Gasteiger partial charge is 0.314 e. The lowest BCUT2D eigenvalue weighted by Gasteiger charge is -2.05. The minimum atomic E-state index is -2.79. The van der Waals surface area contributed by atoms with Crippen LogP contribution in [0.15, 0.2) is 41.1 Å². The summed E-state index contributed by atoms with van der Waals surface area (Å²) >= 11 is 0. The molecule has 0 radical (unpaired) electrons. The van der Waals surface area contributed by atoms with E-state index in [1.807, 2.05) is 19.1 Å². The highest BCUT2D eigenvalue weighted by Gasteiger charge is 2.17. The summed E-state index contributed by atoms with van der Waals surface area (Å²) in [4.78, 5) is 8.31. The highest BCUT2D eigenvalue weighted by Crippen LogP contribution is 2.22. The molecule has 0 fully saturated rings. The maximum Gasteiger partial charge on any atom is 0.314 e. The van der Waals surface area contributed by atoms with Crippen LogP contribution in [0.1, 0.15) is 23.7 Å². The van der Waals surface area contributed by atoms with E-state index in [-0.39, 0.29) is 12.5 Å². The van der Waals surface area contributed by atoms with E-state index in [4.69, 9.17) is 9.15 Å². The zero-order valence-electron chi connectivity index (χ0n) is 12.1. The molecule has 0 amide bonds. The van der Waals surface area contributed by atoms with Crippen LogP contribution in [0, 0.1) is 6.92 Å². The van der Waals surface area contributed by atoms with Crippen molar-refractivity contribution in [2.75, 3.05) is 0 Å². The highest BCUT2D eigenvalue weighted by molar-refractivity contribution is 5.50. The first-order chi connectivity index (χ1) is 11.1. The van der Waals surface area contributed by atoms with Crippen molar-refractivity contribution >= 4 is 0 Å². The third-order valence-electron chi connectivity index (χ3n) is 2.97. The molecule has 0 unspecified atom stereocenters. The zero-order chi connectivity index (χ0) is 16.2. The maximum atomic E-state index is 12.4. The summed E-state index contributed by atoms with van der Waals surface area (Å²) in [6.45, 7) is 2.15. The van der Waals surface area contributed by atoms with E-state index in [1.165, 1.54) is 6.20 Å². The first kappa shape index (κ1) is 15.0. The van der Waals surface area contributed by atoms with Gasteiger partial charge in [0, 0.05) is 11.9 Å². The third kappa shape index (κ3) is 3.65. The minimum absolute atomic E-state index is 0.00278. The van der Waals surface area contributed by atoms with Crippen LogP contribution < -0.4 is 4.74 Å². The third-order valence-corrected chi connectivity index (χ3v) is 2.97. The monoisotopic (exact) mass is 318 g/mol. The summed E-state index contributed by atoms with van der Waals surface area (Å²) < 4.78 is 35.2. The Morgan fingerprint density at radius 1 is 1.09 bits per heavy atom. The fourth-order valence-electron chi connectivity index (χ4n) is 1.77. The number of pyridine rings is 2. The van der Waals surface area contributed by atoms with Crippen molar-refractivity contribution in [1.82, 2.24) is 20.2 Å². The van der Waals surface area contributed by atoms with Crippen LogP contribution in [0.5, 0.6) is 5.75 Å². The van der Waals surface area contributed by atoms with Crippen molar-refractivity contribution in [2.24, 2.45) is 0 Å². The Hall–Kier alpha value is -2.90. The van der Waals surface area contributed by atoms with Crippen molar-refractivity contribution in [2.45, 2.75) is 20.0 Å². The van der Waals surface area contributed by atoms with Gasteiger partial charge < -0.3 is 9.15 Å². The minimum Gasteiger partial charge on any atom is -0.486 e. The standard InChI is InChI=1S/C15H12F2N4O2/c1-9-2-5-12(7-18-9)22-8-11-4-3-10(6-19-11)14-20-21-15(23-14)13(16)17/h2-7,13H,8H2,1H3. The first-order valence-corrected chi connectivity index (χ1v) is 6.74. The second-order valence-electron chi connectivity index (χ2n) is 4.71. The van der Waals surface area contributed by atoms with Crippen LogP contribution in [0.25, 0.3) is 11.5 Å². The van der Waals surface area contributed by atoms with Gasteiger partial charge in [0.15, 0.2) is 0 Å². The van der Waals surface area contributed by atoms with Crippen molar-refractivity contribution in [3.8, 4) is 17.2 Å². The topological polar surface area (TPSA) is 73.9 Å². The summed E-state index contributed by atoms with van der Waals surface area (Å²) in [6.07, 6.45) is 0.308. The molecule has 0 atom stereocenters. The highest BCUT2D eigenvalue weighted by atomic mass is 19.3. The van der Waals surface area contributed by atoms with Gasteiger partial charge in [0.1, 0.15) is 12.4 Å². The predicted molar refractivity (Wildman–Crippen MR) is 75.8 cm³/mol. The van der Waals surface area contributed by atoms with Crippen molar-refractivity contribution in [3.63, 3.8) is 0 Å². The molecular formula is C15H12F2N4O2. The number of aryl methyl sites for hydroxylation is 1. The van der Waals surface area contributed by atoms with Crippen molar-refractivity contribution in [1.29, 1.82) is 0 Å². The zero-order valence-corrected chi connectivity index (χ0v) is 12.1. The van der Waals surface area contributed by atoms with Crippen LogP contribution in [0.2, 0.25) is 0 Å². The van der Waals surface area contributed by atoms with Gasteiger partial charge in [-0.2, -0.15) is 8.78 Å². The predicted octanol–water partition coefficient (Wildman–Crippen LogP) is 3.35. The molecule has 8 heteroatoms. The molecule has 3 rings (SSSR count). The van der Waals surface area contributed by atoms with Crippen LogP contribution >= 0.6 is 0 Å². The number of ether oxygens (including phenoxy) is 1. The molecule has 3 aromatic rings. The molecule has 0 aromatic carbocycles. The number of rotatable bonds is 5. The molecule has 0 bridgehead atoms. The molecule has 118 valence electrons. The van der Waals surface area contributed by atoms with Crippen LogP contribution in [-0.2, 0) is 6.61 Å². The van der Waals surface area contributed by atoms with E-state index in [9.17, 15) is 8.78 Å². The van der Waals surface area contributed by atoms with E-state index in [1.54, 1.807) is 18.3 Å². The Kier molecular flexibility index (Phi) is 4.22. The quantitative estimate of drug-likeness (QED) is 0.718. The Morgan fingerprint density at radius 3 is 2.57 bits per heavy atom. The average molecular weight is 318 g/mol. The summed E-state index contributed by atoms with van der Waals surface area (Å²) in [6, 6.07) is 7.02. The number of alkyl halides is 2. The van der Waals surface area contributed by atoms with Gasteiger partial charge in [0.05, 0.1) is 17.5 Å². The average Bonchev–Trinajstić information content (AvgIpc) is 3.05.